The van der Waals surface area contributed by atoms with Crippen molar-refractivity contribution in [3.05, 3.63) is 35.8 Å². The molecule has 0 saturated heterocycles. The minimum absolute atomic E-state index is 0.431. The highest BCUT2D eigenvalue weighted by atomic mass is 32.1. The molecule has 74 valence electrons. The summed E-state index contributed by atoms with van der Waals surface area (Å²) in [5, 5.41) is 11.4. The third kappa shape index (κ3) is 1.37. The van der Waals surface area contributed by atoms with Gasteiger partial charge in [-0.15, -0.1) is 21.2 Å². The van der Waals surface area contributed by atoms with Gasteiger partial charge < -0.3 is 5.73 Å². The molecule has 5 heteroatoms. The average molecular weight is 216 g/mol. The van der Waals surface area contributed by atoms with Crippen LogP contribution in [0.15, 0.2) is 35.8 Å². The average Bonchev–Trinajstić information content (AvgIpc) is 2.84. The lowest BCUT2D eigenvalue weighted by atomic mass is 10.2. The molecule has 1 aromatic carbocycles. The first kappa shape index (κ1) is 8.43. The van der Waals surface area contributed by atoms with Crippen molar-refractivity contribution >= 4 is 27.2 Å². The second-order valence-corrected chi connectivity index (χ2v) is 4.15. The highest BCUT2D eigenvalue weighted by molar-refractivity contribution is 7.17. The Labute approximate surface area is 89.9 Å². The first-order valence-corrected chi connectivity index (χ1v) is 5.36. The fourth-order valence-corrected chi connectivity index (χ4v) is 2.25. The maximum Gasteiger partial charge on any atom is 0.166 e. The molecule has 0 amide bonds. The number of anilines is 1. The van der Waals surface area contributed by atoms with E-state index in [1.54, 1.807) is 11.3 Å². The summed E-state index contributed by atoms with van der Waals surface area (Å²) < 4.78 is 1.26. The van der Waals surface area contributed by atoms with Gasteiger partial charge in [-0.3, -0.25) is 0 Å². The number of aromatic nitrogens is 3. The molecule has 0 saturated carbocycles. The van der Waals surface area contributed by atoms with E-state index in [2.05, 4.69) is 27.7 Å². The molecule has 0 fully saturated rings. The molecule has 3 rings (SSSR count). The van der Waals surface area contributed by atoms with Crippen LogP contribution in [0.2, 0.25) is 0 Å². The van der Waals surface area contributed by atoms with Gasteiger partial charge >= 0.3 is 0 Å². The molecule has 0 unspecified atom stereocenters. The van der Waals surface area contributed by atoms with Gasteiger partial charge in [-0.25, -0.2) is 0 Å². The summed E-state index contributed by atoms with van der Waals surface area (Å²) in [6.07, 6.45) is 1.54. The van der Waals surface area contributed by atoms with Gasteiger partial charge in [-0.05, 0) is 35.0 Å². The molecule has 2 aromatic heterocycles. The molecular weight excluding hydrogens is 208 g/mol. The van der Waals surface area contributed by atoms with Crippen molar-refractivity contribution in [3.63, 3.8) is 0 Å². The minimum Gasteiger partial charge on any atom is -0.381 e. The van der Waals surface area contributed by atoms with Crippen LogP contribution in [0.3, 0.4) is 0 Å². The minimum atomic E-state index is 0.431. The van der Waals surface area contributed by atoms with Gasteiger partial charge in [0.1, 0.15) is 0 Å². The van der Waals surface area contributed by atoms with Gasteiger partial charge in [0.05, 0.1) is 11.9 Å². The Kier molecular flexibility index (Phi) is 1.72. The Morgan fingerprint density at radius 1 is 1.27 bits per heavy atom. The maximum absolute atomic E-state index is 5.52. The van der Waals surface area contributed by atoms with E-state index < -0.39 is 0 Å². The van der Waals surface area contributed by atoms with Gasteiger partial charge in [-0.2, -0.15) is 5.10 Å². The van der Waals surface area contributed by atoms with Gasteiger partial charge in [0.25, 0.3) is 0 Å². The van der Waals surface area contributed by atoms with E-state index >= 15 is 0 Å². The largest absolute Gasteiger partial charge is 0.381 e. The molecule has 0 bridgehead atoms. The third-order valence-corrected chi connectivity index (χ3v) is 3.07. The zero-order chi connectivity index (χ0) is 10.3. The van der Waals surface area contributed by atoms with Crippen molar-refractivity contribution in [1.82, 2.24) is 15.0 Å². The van der Waals surface area contributed by atoms with Crippen LogP contribution in [-0.2, 0) is 0 Å². The molecule has 0 radical (unpaired) electrons. The second kappa shape index (κ2) is 3.06. The lowest BCUT2D eigenvalue weighted by molar-refractivity contribution is 0.755. The second-order valence-electron chi connectivity index (χ2n) is 3.20. The number of nitrogen functional groups attached to an aromatic ring is 1. The molecule has 3 aromatic rings. The summed E-state index contributed by atoms with van der Waals surface area (Å²) in [5.41, 5.74) is 6.44. The summed E-state index contributed by atoms with van der Waals surface area (Å²) in [6.45, 7) is 0. The fraction of sp³-hybridized carbons (Fsp3) is 0. The predicted octanol–water partition coefficient (Wildman–Crippen LogP) is 2.06. The molecule has 0 aliphatic heterocycles. The van der Waals surface area contributed by atoms with Gasteiger partial charge in [0.15, 0.2) is 5.82 Å². The summed E-state index contributed by atoms with van der Waals surface area (Å²) in [6, 6.07) is 8.18. The van der Waals surface area contributed by atoms with E-state index in [0.29, 0.717) is 5.82 Å². The Balaban J connectivity index is 2.18. The monoisotopic (exact) mass is 216 g/mol. The van der Waals surface area contributed by atoms with Crippen LogP contribution in [0.25, 0.3) is 15.8 Å². The smallest absolute Gasteiger partial charge is 0.166 e. The summed E-state index contributed by atoms with van der Waals surface area (Å²) in [5.74, 6) is 0.431. The maximum atomic E-state index is 5.52. The molecule has 0 aliphatic carbocycles. The number of hydrogen-bond acceptors (Lipinski definition) is 4. The van der Waals surface area contributed by atoms with Crippen LogP contribution in [0, 0.1) is 0 Å². The number of hydrogen-bond donors (Lipinski definition) is 1. The third-order valence-electron chi connectivity index (χ3n) is 2.18. The van der Waals surface area contributed by atoms with E-state index in [4.69, 9.17) is 5.73 Å². The Morgan fingerprint density at radius 2 is 2.20 bits per heavy atom. The van der Waals surface area contributed by atoms with Crippen molar-refractivity contribution in [2.45, 2.75) is 0 Å². The van der Waals surface area contributed by atoms with E-state index in [1.807, 2.05) is 12.1 Å². The number of thiophene rings is 1. The Hall–Kier alpha value is -1.88. The predicted molar refractivity (Wildman–Crippen MR) is 61.2 cm³/mol. The van der Waals surface area contributed by atoms with Crippen molar-refractivity contribution in [2.24, 2.45) is 0 Å². The lowest BCUT2D eigenvalue weighted by Crippen LogP contribution is -1.98. The Bertz CT molecular complexity index is 610. The molecule has 0 aliphatic rings. The van der Waals surface area contributed by atoms with Crippen LogP contribution in [0.4, 0.5) is 5.82 Å². The number of fused-ring (bicyclic) bond motifs is 1. The normalized spacial score (nSPS) is 10.9. The number of rotatable bonds is 1. The highest BCUT2D eigenvalue weighted by Crippen LogP contribution is 2.22. The first-order valence-electron chi connectivity index (χ1n) is 4.48. The zero-order valence-corrected chi connectivity index (χ0v) is 8.61. The van der Waals surface area contributed by atoms with Crippen LogP contribution in [0.5, 0.6) is 0 Å². The van der Waals surface area contributed by atoms with Gasteiger partial charge in [0.2, 0.25) is 0 Å². The SMILES string of the molecule is Nc1cnn(-c2ccc3sccc3c2)n1. The molecule has 0 atom stereocenters. The topological polar surface area (TPSA) is 56.7 Å². The van der Waals surface area contributed by atoms with Crippen LogP contribution in [-0.4, -0.2) is 15.0 Å². The standard InChI is InChI=1S/C10H8N4S/c11-10-6-12-14(13-10)8-1-2-9-7(5-8)3-4-15-9/h1-6H,(H2,11,13). The highest BCUT2D eigenvalue weighted by Gasteiger charge is 2.02. The summed E-state index contributed by atoms with van der Waals surface area (Å²) >= 11 is 1.72. The van der Waals surface area contributed by atoms with E-state index in [1.165, 1.54) is 21.1 Å². The first-order chi connectivity index (χ1) is 7.33. The van der Waals surface area contributed by atoms with Gasteiger partial charge in [-0.1, -0.05) is 0 Å². The fourth-order valence-electron chi connectivity index (χ4n) is 1.48. The molecule has 4 nitrogen and oxygen atoms in total. The number of benzene rings is 1. The van der Waals surface area contributed by atoms with Crippen LogP contribution >= 0.6 is 11.3 Å². The molecular formula is C10H8N4S. The zero-order valence-electron chi connectivity index (χ0n) is 7.79. The Morgan fingerprint density at radius 3 is 3.00 bits per heavy atom. The van der Waals surface area contributed by atoms with Crippen LogP contribution in [0.1, 0.15) is 0 Å². The van der Waals surface area contributed by atoms with Crippen LogP contribution < -0.4 is 5.73 Å². The van der Waals surface area contributed by atoms with Gasteiger partial charge in [0, 0.05) is 4.70 Å². The van der Waals surface area contributed by atoms with Crippen molar-refractivity contribution in [1.29, 1.82) is 0 Å². The van der Waals surface area contributed by atoms with E-state index in [-0.39, 0.29) is 0 Å². The molecule has 2 heterocycles. The summed E-state index contributed by atoms with van der Waals surface area (Å²) in [4.78, 5) is 1.53. The number of nitrogens with two attached hydrogens (primary N) is 1. The van der Waals surface area contributed by atoms with Crippen molar-refractivity contribution in [3.8, 4) is 5.69 Å². The molecule has 15 heavy (non-hydrogen) atoms. The number of nitrogens with zero attached hydrogens (tertiary/aromatic N) is 3. The quantitative estimate of drug-likeness (QED) is 0.677. The molecule has 2 N–H and O–H groups in total. The van der Waals surface area contributed by atoms with Crippen molar-refractivity contribution < 1.29 is 0 Å². The van der Waals surface area contributed by atoms with E-state index in [9.17, 15) is 0 Å². The molecule has 0 spiro atoms. The van der Waals surface area contributed by atoms with Crippen molar-refractivity contribution in [2.75, 3.05) is 5.73 Å². The summed E-state index contributed by atoms with van der Waals surface area (Å²) in [7, 11) is 0. The lowest BCUT2D eigenvalue weighted by Gasteiger charge is -1.98. The van der Waals surface area contributed by atoms with E-state index in [0.717, 1.165) is 5.69 Å².